The van der Waals surface area contributed by atoms with Gasteiger partial charge in [0, 0.05) is 11.3 Å². The molecule has 0 aliphatic carbocycles. The van der Waals surface area contributed by atoms with Crippen molar-refractivity contribution in [3.63, 3.8) is 0 Å². The molecule has 0 spiro atoms. The maximum Gasteiger partial charge on any atom is 0.226 e. The van der Waals surface area contributed by atoms with Crippen LogP contribution < -0.4 is 0 Å². The van der Waals surface area contributed by atoms with Gasteiger partial charge in [-0.15, -0.1) is 22.9 Å². The van der Waals surface area contributed by atoms with Crippen molar-refractivity contribution >= 4 is 22.9 Å². The van der Waals surface area contributed by atoms with Crippen LogP contribution in [-0.2, 0) is 12.8 Å². The highest BCUT2D eigenvalue weighted by molar-refractivity contribution is 7.09. The number of nitrogens with zero attached hydrogens (tertiary/aromatic N) is 2. The molecule has 3 nitrogen and oxygen atoms in total. The van der Waals surface area contributed by atoms with Crippen LogP contribution in [0.25, 0.3) is 0 Å². The summed E-state index contributed by atoms with van der Waals surface area (Å²) in [5, 5.41) is 5.85. The summed E-state index contributed by atoms with van der Waals surface area (Å²) in [6.07, 6.45) is 3.72. The summed E-state index contributed by atoms with van der Waals surface area (Å²) in [5.41, 5.74) is 0. The molecule has 92 valence electrons. The minimum Gasteiger partial charge on any atom is -0.339 e. The number of rotatable bonds is 6. The second-order valence-electron chi connectivity index (χ2n) is 3.86. The Morgan fingerprint density at radius 2 is 2.35 bits per heavy atom. The lowest BCUT2D eigenvalue weighted by molar-refractivity contribution is 0.370. The topological polar surface area (TPSA) is 38.9 Å². The van der Waals surface area contributed by atoms with E-state index in [4.69, 9.17) is 16.1 Å². The SMILES string of the molecule is CCC(Cl)c1noc(CCCc2cccs2)n1. The molecule has 0 saturated carbocycles. The Morgan fingerprint density at radius 1 is 1.47 bits per heavy atom. The van der Waals surface area contributed by atoms with Crippen molar-refractivity contribution in [3.05, 3.63) is 34.1 Å². The van der Waals surface area contributed by atoms with E-state index in [0.29, 0.717) is 11.7 Å². The molecule has 0 fully saturated rings. The van der Waals surface area contributed by atoms with Crippen LogP contribution in [0.1, 0.15) is 41.7 Å². The quantitative estimate of drug-likeness (QED) is 0.745. The van der Waals surface area contributed by atoms with Gasteiger partial charge >= 0.3 is 0 Å². The highest BCUT2D eigenvalue weighted by Gasteiger charge is 2.13. The van der Waals surface area contributed by atoms with Crippen LogP contribution in [0.4, 0.5) is 0 Å². The number of thiophene rings is 1. The molecule has 1 unspecified atom stereocenters. The molecule has 1 atom stereocenters. The molecule has 2 aromatic rings. The van der Waals surface area contributed by atoms with E-state index < -0.39 is 0 Å². The molecule has 2 aromatic heterocycles. The van der Waals surface area contributed by atoms with E-state index in [2.05, 4.69) is 27.7 Å². The summed E-state index contributed by atoms with van der Waals surface area (Å²) in [7, 11) is 0. The first-order chi connectivity index (χ1) is 8.29. The van der Waals surface area contributed by atoms with Crippen molar-refractivity contribution in [1.82, 2.24) is 10.1 Å². The lowest BCUT2D eigenvalue weighted by Gasteiger charge is -1.96. The van der Waals surface area contributed by atoms with E-state index in [1.54, 1.807) is 11.3 Å². The molecule has 0 N–H and O–H groups in total. The fourth-order valence-corrected chi connectivity index (χ4v) is 2.39. The second kappa shape index (κ2) is 6.17. The van der Waals surface area contributed by atoms with Crippen molar-refractivity contribution < 1.29 is 4.52 Å². The van der Waals surface area contributed by atoms with Crippen molar-refractivity contribution in [2.45, 2.75) is 38.0 Å². The fourth-order valence-electron chi connectivity index (χ4n) is 1.55. The Hall–Kier alpha value is -0.870. The standard InChI is InChI=1S/C12H15ClN2OS/c1-2-10(13)12-14-11(16-15-12)7-3-5-9-6-4-8-17-9/h4,6,8,10H,2-3,5,7H2,1H3. The first-order valence-corrected chi connectivity index (χ1v) is 7.10. The highest BCUT2D eigenvalue weighted by atomic mass is 35.5. The molecule has 0 aliphatic rings. The maximum absolute atomic E-state index is 6.04. The molecule has 2 rings (SSSR count). The Bertz CT molecular complexity index is 441. The Morgan fingerprint density at radius 3 is 3.06 bits per heavy atom. The third kappa shape index (κ3) is 3.54. The molecular formula is C12H15ClN2OS. The molecule has 0 saturated heterocycles. The molecule has 0 amide bonds. The van der Waals surface area contributed by atoms with Gasteiger partial charge in [-0.05, 0) is 30.7 Å². The number of aryl methyl sites for hydroxylation is 2. The zero-order chi connectivity index (χ0) is 12.1. The summed E-state index contributed by atoms with van der Waals surface area (Å²) < 4.78 is 5.16. The van der Waals surface area contributed by atoms with Crippen molar-refractivity contribution in [1.29, 1.82) is 0 Å². The number of hydrogen-bond donors (Lipinski definition) is 0. The first kappa shape index (κ1) is 12.6. The van der Waals surface area contributed by atoms with E-state index in [1.807, 2.05) is 6.92 Å². The Kier molecular flexibility index (Phi) is 4.57. The molecule has 0 bridgehead atoms. The summed E-state index contributed by atoms with van der Waals surface area (Å²) >= 11 is 7.82. The molecule has 2 heterocycles. The van der Waals surface area contributed by atoms with Gasteiger partial charge in [-0.1, -0.05) is 18.1 Å². The van der Waals surface area contributed by atoms with Crippen LogP contribution in [0.2, 0.25) is 0 Å². The first-order valence-electron chi connectivity index (χ1n) is 5.78. The Labute approximate surface area is 110 Å². The molecule has 0 aromatic carbocycles. The number of alkyl halides is 1. The third-order valence-corrected chi connectivity index (χ3v) is 3.96. The van der Waals surface area contributed by atoms with Crippen LogP contribution >= 0.6 is 22.9 Å². The molecule has 5 heteroatoms. The van der Waals surface area contributed by atoms with E-state index in [1.165, 1.54) is 4.88 Å². The van der Waals surface area contributed by atoms with Crippen LogP contribution in [0, 0.1) is 0 Å². The summed E-state index contributed by atoms with van der Waals surface area (Å²) in [5.74, 6) is 1.30. The Balaban J connectivity index is 1.81. The highest BCUT2D eigenvalue weighted by Crippen LogP contribution is 2.21. The number of hydrogen-bond acceptors (Lipinski definition) is 4. The van der Waals surface area contributed by atoms with Crippen LogP contribution in [0.15, 0.2) is 22.0 Å². The van der Waals surface area contributed by atoms with E-state index in [-0.39, 0.29) is 5.38 Å². The van der Waals surface area contributed by atoms with Crippen molar-refractivity contribution in [3.8, 4) is 0 Å². The minimum absolute atomic E-state index is 0.134. The number of aromatic nitrogens is 2. The van der Waals surface area contributed by atoms with Gasteiger partial charge in [0.1, 0.15) is 0 Å². The maximum atomic E-state index is 6.04. The van der Waals surface area contributed by atoms with E-state index in [9.17, 15) is 0 Å². The van der Waals surface area contributed by atoms with Crippen LogP contribution in [0.5, 0.6) is 0 Å². The third-order valence-electron chi connectivity index (χ3n) is 2.52. The summed E-state index contributed by atoms with van der Waals surface area (Å²) in [6.45, 7) is 2.00. The van der Waals surface area contributed by atoms with Crippen molar-refractivity contribution in [2.24, 2.45) is 0 Å². The summed E-state index contributed by atoms with van der Waals surface area (Å²) in [4.78, 5) is 5.69. The largest absolute Gasteiger partial charge is 0.339 e. The van der Waals surface area contributed by atoms with Gasteiger partial charge in [-0.25, -0.2) is 0 Å². The predicted octanol–water partition coefficient (Wildman–Crippen LogP) is 4.00. The van der Waals surface area contributed by atoms with Crippen molar-refractivity contribution in [2.75, 3.05) is 0 Å². The van der Waals surface area contributed by atoms with Crippen LogP contribution in [0.3, 0.4) is 0 Å². The molecular weight excluding hydrogens is 256 g/mol. The smallest absolute Gasteiger partial charge is 0.226 e. The average molecular weight is 271 g/mol. The molecule has 17 heavy (non-hydrogen) atoms. The zero-order valence-corrected chi connectivity index (χ0v) is 11.3. The van der Waals surface area contributed by atoms with Gasteiger partial charge < -0.3 is 4.52 Å². The van der Waals surface area contributed by atoms with Crippen LogP contribution in [-0.4, -0.2) is 10.1 Å². The van der Waals surface area contributed by atoms with Gasteiger partial charge in [0.15, 0.2) is 5.82 Å². The van der Waals surface area contributed by atoms with Gasteiger partial charge in [0.25, 0.3) is 0 Å². The normalized spacial score (nSPS) is 12.8. The lowest BCUT2D eigenvalue weighted by atomic mass is 10.2. The van der Waals surface area contributed by atoms with Gasteiger partial charge in [-0.3, -0.25) is 0 Å². The minimum atomic E-state index is -0.134. The fraction of sp³-hybridized carbons (Fsp3) is 0.500. The monoisotopic (exact) mass is 270 g/mol. The zero-order valence-electron chi connectivity index (χ0n) is 9.73. The summed E-state index contributed by atoms with van der Waals surface area (Å²) in [6, 6.07) is 4.22. The molecule has 0 radical (unpaired) electrons. The van der Waals surface area contributed by atoms with Gasteiger partial charge in [-0.2, -0.15) is 4.98 Å². The lowest BCUT2D eigenvalue weighted by Crippen LogP contribution is -1.92. The molecule has 0 aliphatic heterocycles. The second-order valence-corrected chi connectivity index (χ2v) is 5.41. The average Bonchev–Trinajstić information content (AvgIpc) is 2.99. The number of halogens is 1. The van der Waals surface area contributed by atoms with Gasteiger partial charge in [0.2, 0.25) is 5.89 Å². The van der Waals surface area contributed by atoms with Gasteiger partial charge in [0.05, 0.1) is 5.38 Å². The predicted molar refractivity (Wildman–Crippen MR) is 69.5 cm³/mol. The van der Waals surface area contributed by atoms with E-state index >= 15 is 0 Å². The van der Waals surface area contributed by atoms with E-state index in [0.717, 1.165) is 25.7 Å².